The minimum atomic E-state index is -0.120. The van der Waals surface area contributed by atoms with Gasteiger partial charge < -0.3 is 19.3 Å². The van der Waals surface area contributed by atoms with Crippen molar-refractivity contribution in [1.29, 1.82) is 0 Å². The number of nitrogens with zero attached hydrogens (tertiary/aromatic N) is 2. The molecule has 21 heavy (non-hydrogen) atoms. The van der Waals surface area contributed by atoms with Crippen LogP contribution in [0, 0.1) is 6.92 Å². The molecule has 7 nitrogen and oxygen atoms in total. The molecule has 0 radical (unpaired) electrons. The molecule has 1 atom stereocenters. The van der Waals surface area contributed by atoms with Gasteiger partial charge in [-0.05, 0) is 26.8 Å². The molecule has 1 saturated heterocycles. The van der Waals surface area contributed by atoms with Gasteiger partial charge >= 0.3 is 0 Å². The molecule has 0 saturated carbocycles. The zero-order valence-corrected chi connectivity index (χ0v) is 12.6. The molecule has 0 spiro atoms. The highest BCUT2D eigenvalue weighted by atomic mass is 16.5. The lowest BCUT2D eigenvalue weighted by molar-refractivity contribution is -0.117. The Morgan fingerprint density at radius 2 is 2.48 bits per heavy atom. The molecule has 0 unspecified atom stereocenters. The van der Waals surface area contributed by atoms with Crippen LogP contribution in [0.3, 0.4) is 0 Å². The fourth-order valence-electron chi connectivity index (χ4n) is 2.14. The lowest BCUT2D eigenvalue weighted by Crippen LogP contribution is -2.33. The Balaban J connectivity index is 1.55. The number of likely N-dealkylation sites (N-methyl/N-ethyl adjacent to an activating group) is 1. The summed E-state index contributed by atoms with van der Waals surface area (Å²) in [5.41, 5.74) is 0. The topological polar surface area (TPSA) is 76.8 Å². The molecular weight excluding hydrogens is 274 g/mol. The summed E-state index contributed by atoms with van der Waals surface area (Å²) in [7, 11) is 1.88. The van der Waals surface area contributed by atoms with Crippen molar-refractivity contribution in [3.05, 3.63) is 11.8 Å². The van der Waals surface area contributed by atoms with Crippen LogP contribution in [0.15, 0.2) is 10.6 Å². The molecule has 1 aliphatic rings. The van der Waals surface area contributed by atoms with Crippen molar-refractivity contribution in [2.24, 2.45) is 0 Å². The number of carbonyl (C=O) groups is 1. The maximum atomic E-state index is 11.8. The Morgan fingerprint density at radius 3 is 3.14 bits per heavy atom. The molecule has 0 aromatic carbocycles. The predicted molar refractivity (Wildman–Crippen MR) is 77.2 cm³/mol. The quantitative estimate of drug-likeness (QED) is 0.723. The summed E-state index contributed by atoms with van der Waals surface area (Å²) in [6.45, 7) is 4.83. The smallest absolute Gasteiger partial charge is 0.239 e. The van der Waals surface area contributed by atoms with E-state index in [2.05, 4.69) is 10.5 Å². The molecule has 1 aromatic heterocycles. The second-order valence-corrected chi connectivity index (χ2v) is 5.32. The Kier molecular flexibility index (Phi) is 6.16. The lowest BCUT2D eigenvalue weighted by Gasteiger charge is -2.16. The third-order valence-electron chi connectivity index (χ3n) is 3.25. The Labute approximate surface area is 124 Å². The van der Waals surface area contributed by atoms with E-state index < -0.39 is 0 Å². The van der Waals surface area contributed by atoms with Crippen molar-refractivity contribution >= 4 is 11.7 Å². The van der Waals surface area contributed by atoms with Crippen molar-refractivity contribution < 1.29 is 18.8 Å². The van der Waals surface area contributed by atoms with Gasteiger partial charge in [0.2, 0.25) is 5.91 Å². The first kappa shape index (κ1) is 15.9. The molecule has 1 aromatic rings. The van der Waals surface area contributed by atoms with Crippen molar-refractivity contribution in [2.75, 3.05) is 45.3 Å². The highest BCUT2D eigenvalue weighted by Crippen LogP contribution is 2.11. The molecular formula is C14H23N3O4. The number of carbonyl (C=O) groups excluding carboxylic acids is 1. The van der Waals surface area contributed by atoms with Gasteiger partial charge in [-0.2, -0.15) is 0 Å². The van der Waals surface area contributed by atoms with Crippen LogP contribution in [0.25, 0.3) is 0 Å². The van der Waals surface area contributed by atoms with E-state index in [4.69, 9.17) is 14.0 Å². The van der Waals surface area contributed by atoms with Gasteiger partial charge in [-0.3, -0.25) is 9.69 Å². The van der Waals surface area contributed by atoms with Crippen LogP contribution >= 0.6 is 0 Å². The fourth-order valence-corrected chi connectivity index (χ4v) is 2.14. The van der Waals surface area contributed by atoms with Crippen LogP contribution in [-0.4, -0.2) is 62.0 Å². The molecule has 1 amide bonds. The minimum absolute atomic E-state index is 0.120. The summed E-state index contributed by atoms with van der Waals surface area (Å²) in [4.78, 5) is 13.7. The average Bonchev–Trinajstić information content (AvgIpc) is 3.06. The number of amides is 1. The van der Waals surface area contributed by atoms with Gasteiger partial charge in [0.05, 0.1) is 25.9 Å². The van der Waals surface area contributed by atoms with Gasteiger partial charge in [0, 0.05) is 19.2 Å². The van der Waals surface area contributed by atoms with E-state index in [0.717, 1.165) is 19.4 Å². The summed E-state index contributed by atoms with van der Waals surface area (Å²) in [6, 6.07) is 1.68. The van der Waals surface area contributed by atoms with E-state index in [-0.39, 0.29) is 18.6 Å². The minimum Gasteiger partial charge on any atom is -0.377 e. The zero-order valence-electron chi connectivity index (χ0n) is 12.6. The molecule has 0 bridgehead atoms. The van der Waals surface area contributed by atoms with Gasteiger partial charge in [0.25, 0.3) is 0 Å². The largest absolute Gasteiger partial charge is 0.377 e. The number of aryl methyl sites for hydroxylation is 1. The number of nitrogens with one attached hydrogen (secondary N) is 1. The van der Waals surface area contributed by atoms with E-state index in [9.17, 15) is 4.79 Å². The van der Waals surface area contributed by atoms with Crippen LogP contribution < -0.4 is 5.32 Å². The molecule has 1 aliphatic heterocycles. The molecule has 0 aliphatic carbocycles. The van der Waals surface area contributed by atoms with Crippen LogP contribution in [-0.2, 0) is 14.3 Å². The first-order valence-electron chi connectivity index (χ1n) is 7.24. The summed E-state index contributed by atoms with van der Waals surface area (Å²) in [5.74, 6) is 0.992. The van der Waals surface area contributed by atoms with Gasteiger partial charge in [0.15, 0.2) is 5.82 Å². The number of hydrogen-bond donors (Lipinski definition) is 1. The zero-order chi connectivity index (χ0) is 15.1. The lowest BCUT2D eigenvalue weighted by atomic mass is 10.2. The number of hydrogen-bond acceptors (Lipinski definition) is 6. The SMILES string of the molecule is Cc1cc(NC(=O)CN(C)CCOC[C@@H]2CCCO2)no1. The summed E-state index contributed by atoms with van der Waals surface area (Å²) in [6.07, 6.45) is 2.44. The first-order chi connectivity index (χ1) is 10.1. The third kappa shape index (κ3) is 5.82. The Morgan fingerprint density at radius 1 is 1.62 bits per heavy atom. The monoisotopic (exact) mass is 297 g/mol. The third-order valence-corrected chi connectivity index (χ3v) is 3.25. The highest BCUT2D eigenvalue weighted by molar-refractivity contribution is 5.91. The van der Waals surface area contributed by atoms with Gasteiger partial charge in [0.1, 0.15) is 5.76 Å². The van der Waals surface area contributed by atoms with Crippen LogP contribution in [0.4, 0.5) is 5.82 Å². The van der Waals surface area contributed by atoms with E-state index in [1.807, 2.05) is 11.9 Å². The summed E-state index contributed by atoms with van der Waals surface area (Å²) < 4.78 is 15.9. The molecule has 1 fully saturated rings. The van der Waals surface area contributed by atoms with Gasteiger partial charge in [-0.15, -0.1) is 0 Å². The molecule has 2 rings (SSSR count). The maximum Gasteiger partial charge on any atom is 0.239 e. The predicted octanol–water partition coefficient (Wildman–Crippen LogP) is 1.05. The summed E-state index contributed by atoms with van der Waals surface area (Å²) >= 11 is 0. The molecule has 7 heteroatoms. The Bertz CT molecular complexity index is 443. The van der Waals surface area contributed by atoms with E-state index in [0.29, 0.717) is 31.3 Å². The number of anilines is 1. The Hall–Kier alpha value is -1.44. The standard InChI is InChI=1S/C14H23N3O4/c1-11-8-13(16-21-11)15-14(18)9-17(2)5-7-19-10-12-4-3-6-20-12/h8,12H,3-7,9-10H2,1-2H3,(H,15,16,18)/t12-/m0/s1. The maximum absolute atomic E-state index is 11.8. The molecule has 1 N–H and O–H groups in total. The van der Waals surface area contributed by atoms with Crippen LogP contribution in [0.5, 0.6) is 0 Å². The van der Waals surface area contributed by atoms with Crippen LogP contribution in [0.1, 0.15) is 18.6 Å². The fraction of sp³-hybridized carbons (Fsp3) is 0.714. The van der Waals surface area contributed by atoms with Crippen LogP contribution in [0.2, 0.25) is 0 Å². The van der Waals surface area contributed by atoms with Gasteiger partial charge in [-0.1, -0.05) is 5.16 Å². The van der Waals surface area contributed by atoms with Gasteiger partial charge in [-0.25, -0.2) is 0 Å². The summed E-state index contributed by atoms with van der Waals surface area (Å²) in [5, 5.41) is 6.40. The van der Waals surface area contributed by atoms with E-state index in [1.165, 1.54) is 0 Å². The highest BCUT2D eigenvalue weighted by Gasteiger charge is 2.15. The second-order valence-electron chi connectivity index (χ2n) is 5.32. The normalized spacial score (nSPS) is 18.3. The average molecular weight is 297 g/mol. The van der Waals surface area contributed by atoms with Crippen molar-refractivity contribution in [3.8, 4) is 0 Å². The van der Waals surface area contributed by atoms with E-state index >= 15 is 0 Å². The number of aromatic nitrogens is 1. The number of ether oxygens (including phenoxy) is 2. The number of rotatable bonds is 8. The van der Waals surface area contributed by atoms with E-state index in [1.54, 1.807) is 13.0 Å². The second kappa shape index (κ2) is 8.11. The van der Waals surface area contributed by atoms with Crippen molar-refractivity contribution in [1.82, 2.24) is 10.1 Å². The first-order valence-corrected chi connectivity index (χ1v) is 7.24. The van der Waals surface area contributed by atoms with Crippen molar-refractivity contribution in [2.45, 2.75) is 25.9 Å². The molecule has 2 heterocycles. The van der Waals surface area contributed by atoms with Crippen molar-refractivity contribution in [3.63, 3.8) is 0 Å². The molecule has 118 valence electrons.